The SMILES string of the molecule is CCC(N)(COC)CC1CCOCC1. The highest BCUT2D eigenvalue weighted by molar-refractivity contribution is 4.85. The normalized spacial score (nSPS) is 23.4. The van der Waals surface area contributed by atoms with Crippen molar-refractivity contribution in [3.63, 3.8) is 0 Å². The summed E-state index contributed by atoms with van der Waals surface area (Å²) < 4.78 is 10.5. The highest BCUT2D eigenvalue weighted by atomic mass is 16.5. The fourth-order valence-electron chi connectivity index (χ4n) is 2.12. The largest absolute Gasteiger partial charge is 0.383 e. The maximum absolute atomic E-state index is 6.27. The smallest absolute Gasteiger partial charge is 0.0642 e. The maximum atomic E-state index is 6.27. The second-order valence-corrected chi connectivity index (χ2v) is 4.41. The third kappa shape index (κ3) is 3.56. The van der Waals surface area contributed by atoms with Crippen molar-refractivity contribution in [1.29, 1.82) is 0 Å². The lowest BCUT2D eigenvalue weighted by atomic mass is 9.83. The first-order valence-corrected chi connectivity index (χ1v) is 5.56. The molecule has 1 unspecified atom stereocenters. The molecule has 0 saturated carbocycles. The molecule has 1 aliphatic rings. The Balaban J connectivity index is 2.37. The molecule has 1 fully saturated rings. The van der Waals surface area contributed by atoms with Crippen LogP contribution in [0.3, 0.4) is 0 Å². The molecule has 1 rings (SSSR count). The zero-order valence-corrected chi connectivity index (χ0v) is 9.42. The molecular weight excluding hydrogens is 178 g/mol. The molecule has 1 aliphatic heterocycles. The molecule has 0 aromatic rings. The van der Waals surface area contributed by atoms with Gasteiger partial charge in [0.05, 0.1) is 6.61 Å². The lowest BCUT2D eigenvalue weighted by Crippen LogP contribution is -2.46. The molecule has 1 saturated heterocycles. The Labute approximate surface area is 86.9 Å². The van der Waals surface area contributed by atoms with Gasteiger partial charge in [-0.15, -0.1) is 0 Å². The van der Waals surface area contributed by atoms with Crippen molar-refractivity contribution in [1.82, 2.24) is 0 Å². The van der Waals surface area contributed by atoms with Crippen LogP contribution < -0.4 is 5.73 Å². The predicted octanol–water partition coefficient (Wildman–Crippen LogP) is 1.56. The Hall–Kier alpha value is -0.120. The van der Waals surface area contributed by atoms with E-state index in [-0.39, 0.29) is 5.54 Å². The monoisotopic (exact) mass is 201 g/mol. The Morgan fingerprint density at radius 3 is 2.57 bits per heavy atom. The summed E-state index contributed by atoms with van der Waals surface area (Å²) in [4.78, 5) is 0. The third-order valence-electron chi connectivity index (χ3n) is 3.17. The van der Waals surface area contributed by atoms with Crippen molar-refractivity contribution in [3.05, 3.63) is 0 Å². The van der Waals surface area contributed by atoms with Crippen LogP contribution in [0.5, 0.6) is 0 Å². The highest BCUT2D eigenvalue weighted by Gasteiger charge is 2.28. The summed E-state index contributed by atoms with van der Waals surface area (Å²) in [5.41, 5.74) is 6.14. The molecule has 3 heteroatoms. The van der Waals surface area contributed by atoms with Crippen molar-refractivity contribution in [3.8, 4) is 0 Å². The lowest BCUT2D eigenvalue weighted by Gasteiger charge is -2.33. The van der Waals surface area contributed by atoms with Gasteiger partial charge in [-0.1, -0.05) is 6.92 Å². The van der Waals surface area contributed by atoms with E-state index in [1.54, 1.807) is 7.11 Å². The number of methoxy groups -OCH3 is 1. The van der Waals surface area contributed by atoms with E-state index >= 15 is 0 Å². The highest BCUT2D eigenvalue weighted by Crippen LogP contribution is 2.26. The number of ether oxygens (including phenoxy) is 2. The molecule has 1 atom stereocenters. The van der Waals surface area contributed by atoms with E-state index in [0.717, 1.165) is 44.8 Å². The summed E-state index contributed by atoms with van der Waals surface area (Å²) in [7, 11) is 1.72. The minimum Gasteiger partial charge on any atom is -0.383 e. The van der Waals surface area contributed by atoms with Crippen LogP contribution >= 0.6 is 0 Å². The molecule has 3 nitrogen and oxygen atoms in total. The molecule has 0 aromatic carbocycles. The van der Waals surface area contributed by atoms with Gasteiger partial charge >= 0.3 is 0 Å². The summed E-state index contributed by atoms with van der Waals surface area (Å²) >= 11 is 0. The Kier molecular flexibility index (Phi) is 4.85. The van der Waals surface area contributed by atoms with E-state index in [1.807, 2.05) is 0 Å². The molecule has 14 heavy (non-hydrogen) atoms. The van der Waals surface area contributed by atoms with Gasteiger partial charge in [-0.25, -0.2) is 0 Å². The minimum absolute atomic E-state index is 0.128. The summed E-state index contributed by atoms with van der Waals surface area (Å²) in [6.07, 6.45) is 4.37. The van der Waals surface area contributed by atoms with Gasteiger partial charge in [-0.2, -0.15) is 0 Å². The van der Waals surface area contributed by atoms with Gasteiger partial charge in [0, 0.05) is 25.9 Å². The minimum atomic E-state index is -0.128. The Morgan fingerprint density at radius 2 is 2.07 bits per heavy atom. The van der Waals surface area contributed by atoms with Crippen LogP contribution in [-0.4, -0.2) is 32.5 Å². The van der Waals surface area contributed by atoms with Crippen molar-refractivity contribution in [2.24, 2.45) is 11.7 Å². The van der Waals surface area contributed by atoms with Gasteiger partial charge in [0.15, 0.2) is 0 Å². The molecule has 0 aromatic heterocycles. The van der Waals surface area contributed by atoms with Crippen LogP contribution in [0.2, 0.25) is 0 Å². The van der Waals surface area contributed by atoms with Crippen molar-refractivity contribution < 1.29 is 9.47 Å². The predicted molar refractivity (Wildman–Crippen MR) is 57.2 cm³/mol. The molecular formula is C11H23NO2. The first-order chi connectivity index (χ1) is 6.70. The molecule has 84 valence electrons. The van der Waals surface area contributed by atoms with Crippen molar-refractivity contribution in [2.75, 3.05) is 26.9 Å². The van der Waals surface area contributed by atoms with E-state index in [9.17, 15) is 0 Å². The molecule has 0 radical (unpaired) electrons. The zero-order chi connectivity index (χ0) is 10.4. The standard InChI is InChI=1S/C11H23NO2/c1-3-11(12,9-13-2)8-10-4-6-14-7-5-10/h10H,3-9,12H2,1-2H3. The molecule has 2 N–H and O–H groups in total. The average molecular weight is 201 g/mol. The third-order valence-corrected chi connectivity index (χ3v) is 3.17. The summed E-state index contributed by atoms with van der Waals surface area (Å²) in [6.45, 7) is 4.61. The molecule has 0 aliphatic carbocycles. The van der Waals surface area contributed by atoms with Crippen LogP contribution in [-0.2, 0) is 9.47 Å². The van der Waals surface area contributed by atoms with Crippen LogP contribution in [0.25, 0.3) is 0 Å². The second-order valence-electron chi connectivity index (χ2n) is 4.41. The lowest BCUT2D eigenvalue weighted by molar-refractivity contribution is 0.0437. The van der Waals surface area contributed by atoms with Crippen LogP contribution in [0.1, 0.15) is 32.6 Å². The van der Waals surface area contributed by atoms with E-state index in [1.165, 1.54) is 0 Å². The van der Waals surface area contributed by atoms with E-state index < -0.39 is 0 Å². The molecule has 0 spiro atoms. The van der Waals surface area contributed by atoms with Gasteiger partial charge in [-0.3, -0.25) is 0 Å². The van der Waals surface area contributed by atoms with Crippen LogP contribution in [0.4, 0.5) is 0 Å². The van der Waals surface area contributed by atoms with Crippen molar-refractivity contribution >= 4 is 0 Å². The summed E-state index contributed by atoms with van der Waals surface area (Å²) in [5.74, 6) is 0.726. The topological polar surface area (TPSA) is 44.5 Å². The number of hydrogen-bond donors (Lipinski definition) is 1. The van der Waals surface area contributed by atoms with Gasteiger partial charge < -0.3 is 15.2 Å². The van der Waals surface area contributed by atoms with Crippen LogP contribution in [0, 0.1) is 5.92 Å². The van der Waals surface area contributed by atoms with E-state index in [0.29, 0.717) is 6.61 Å². The Bertz CT molecular complexity index is 157. The summed E-state index contributed by atoms with van der Waals surface area (Å²) in [5, 5.41) is 0. The van der Waals surface area contributed by atoms with Crippen LogP contribution in [0.15, 0.2) is 0 Å². The fraction of sp³-hybridized carbons (Fsp3) is 1.00. The molecule has 0 bridgehead atoms. The first kappa shape index (κ1) is 12.0. The second kappa shape index (κ2) is 5.69. The number of hydrogen-bond acceptors (Lipinski definition) is 3. The quantitative estimate of drug-likeness (QED) is 0.734. The van der Waals surface area contributed by atoms with Gasteiger partial charge in [-0.05, 0) is 31.6 Å². The van der Waals surface area contributed by atoms with Gasteiger partial charge in [0.2, 0.25) is 0 Å². The Morgan fingerprint density at radius 1 is 1.43 bits per heavy atom. The molecule has 1 heterocycles. The fourth-order valence-corrected chi connectivity index (χ4v) is 2.12. The average Bonchev–Trinajstić information content (AvgIpc) is 2.20. The number of nitrogens with two attached hydrogens (primary N) is 1. The van der Waals surface area contributed by atoms with Gasteiger partial charge in [0.25, 0.3) is 0 Å². The van der Waals surface area contributed by atoms with E-state index in [4.69, 9.17) is 15.2 Å². The zero-order valence-electron chi connectivity index (χ0n) is 9.42. The maximum Gasteiger partial charge on any atom is 0.0642 e. The van der Waals surface area contributed by atoms with Gasteiger partial charge in [0.1, 0.15) is 0 Å². The number of rotatable bonds is 5. The molecule has 0 amide bonds. The summed E-state index contributed by atoms with van der Waals surface area (Å²) in [6, 6.07) is 0. The van der Waals surface area contributed by atoms with Crippen molar-refractivity contribution in [2.45, 2.75) is 38.1 Å². The first-order valence-electron chi connectivity index (χ1n) is 5.56. The van der Waals surface area contributed by atoms with E-state index in [2.05, 4.69) is 6.92 Å².